The Bertz CT molecular complexity index is 630. The highest BCUT2D eigenvalue weighted by Gasteiger charge is 2.35. The Morgan fingerprint density at radius 3 is 2.75 bits per heavy atom. The number of piperidine rings is 1. The number of nitrogens with two attached hydrogens (primary N) is 1. The average molecular weight is 299 g/mol. The zero-order valence-electron chi connectivity index (χ0n) is 11.2. The molecule has 0 bridgehead atoms. The number of aryl methyl sites for hydroxylation is 1. The summed E-state index contributed by atoms with van der Waals surface area (Å²) >= 11 is 0. The average Bonchev–Trinajstić information content (AvgIpc) is 2.38. The molecule has 0 aliphatic carbocycles. The third-order valence-electron chi connectivity index (χ3n) is 3.41. The molecular weight excluding hydrogens is 282 g/mol. The van der Waals surface area contributed by atoms with Crippen molar-refractivity contribution in [2.45, 2.75) is 30.7 Å². The summed E-state index contributed by atoms with van der Waals surface area (Å²) in [6.07, 6.45) is 1.43. The largest absolute Gasteiger partial charge is 0.327 e. The molecule has 0 saturated carbocycles. The number of nitrogens with zero attached hydrogens (tertiary/aromatic N) is 2. The highest BCUT2D eigenvalue weighted by molar-refractivity contribution is 7.89. The van der Waals surface area contributed by atoms with E-state index in [-0.39, 0.29) is 23.2 Å². The van der Waals surface area contributed by atoms with Crippen LogP contribution in [0.5, 0.6) is 0 Å². The van der Waals surface area contributed by atoms with Crippen LogP contribution in [0.2, 0.25) is 0 Å². The van der Waals surface area contributed by atoms with Gasteiger partial charge in [0.25, 0.3) is 5.69 Å². The van der Waals surface area contributed by atoms with Crippen LogP contribution in [0, 0.1) is 17.0 Å². The normalized spacial score (nSPS) is 20.8. The fourth-order valence-electron chi connectivity index (χ4n) is 2.44. The van der Waals surface area contributed by atoms with Gasteiger partial charge >= 0.3 is 0 Å². The molecule has 1 atom stereocenters. The number of benzene rings is 1. The molecule has 1 aliphatic rings. The maximum absolute atomic E-state index is 12.6. The lowest BCUT2D eigenvalue weighted by atomic mass is 10.1. The van der Waals surface area contributed by atoms with Gasteiger partial charge < -0.3 is 5.73 Å². The van der Waals surface area contributed by atoms with E-state index in [1.807, 2.05) is 0 Å². The maximum atomic E-state index is 12.6. The van der Waals surface area contributed by atoms with Crippen LogP contribution >= 0.6 is 0 Å². The van der Waals surface area contributed by atoms with Crippen LogP contribution in [0.1, 0.15) is 18.4 Å². The van der Waals surface area contributed by atoms with Gasteiger partial charge in [0.1, 0.15) is 0 Å². The summed E-state index contributed by atoms with van der Waals surface area (Å²) in [5.41, 5.74) is 5.78. The topological polar surface area (TPSA) is 107 Å². The first-order chi connectivity index (χ1) is 9.34. The summed E-state index contributed by atoms with van der Waals surface area (Å²) in [7, 11) is -3.89. The fraction of sp³-hybridized carbons (Fsp3) is 0.500. The molecule has 8 heteroatoms. The molecule has 1 aliphatic heterocycles. The predicted molar refractivity (Wildman–Crippen MR) is 73.8 cm³/mol. The van der Waals surface area contributed by atoms with Crippen molar-refractivity contribution >= 4 is 15.7 Å². The van der Waals surface area contributed by atoms with E-state index in [4.69, 9.17) is 5.73 Å². The van der Waals surface area contributed by atoms with Gasteiger partial charge in [-0.3, -0.25) is 10.1 Å². The minimum absolute atomic E-state index is 0.202. The molecule has 2 rings (SSSR count). The van der Waals surface area contributed by atoms with E-state index in [1.165, 1.54) is 16.4 Å². The highest BCUT2D eigenvalue weighted by Crippen LogP contribution is 2.30. The number of sulfonamides is 1. The van der Waals surface area contributed by atoms with Gasteiger partial charge in [0.2, 0.25) is 10.0 Å². The molecule has 110 valence electrons. The van der Waals surface area contributed by atoms with Crippen molar-refractivity contribution in [2.24, 2.45) is 5.73 Å². The van der Waals surface area contributed by atoms with Crippen LogP contribution in [-0.2, 0) is 10.0 Å². The molecule has 1 aromatic carbocycles. The third kappa shape index (κ3) is 2.67. The fourth-order valence-corrected chi connectivity index (χ4v) is 4.33. The summed E-state index contributed by atoms with van der Waals surface area (Å²) in [5.74, 6) is 0. The Hall–Kier alpha value is -1.51. The molecule has 1 heterocycles. The second-order valence-electron chi connectivity index (χ2n) is 4.95. The molecule has 7 nitrogen and oxygen atoms in total. The van der Waals surface area contributed by atoms with Gasteiger partial charge in [0.15, 0.2) is 4.90 Å². The van der Waals surface area contributed by atoms with E-state index in [9.17, 15) is 18.5 Å². The maximum Gasteiger partial charge on any atom is 0.289 e. The van der Waals surface area contributed by atoms with Crippen LogP contribution in [0.4, 0.5) is 5.69 Å². The van der Waals surface area contributed by atoms with Crippen molar-refractivity contribution in [2.75, 3.05) is 13.1 Å². The quantitative estimate of drug-likeness (QED) is 0.662. The molecule has 1 aromatic rings. The van der Waals surface area contributed by atoms with E-state index in [0.29, 0.717) is 18.5 Å². The molecule has 1 fully saturated rings. The first-order valence-corrected chi connectivity index (χ1v) is 7.78. The number of hydrogen-bond acceptors (Lipinski definition) is 5. The summed E-state index contributed by atoms with van der Waals surface area (Å²) in [4.78, 5) is 10.2. The third-order valence-corrected chi connectivity index (χ3v) is 5.46. The lowest BCUT2D eigenvalue weighted by Crippen LogP contribution is -2.45. The molecule has 0 unspecified atom stereocenters. The Balaban J connectivity index is 2.52. The van der Waals surface area contributed by atoms with Crippen molar-refractivity contribution in [3.63, 3.8) is 0 Å². The molecule has 0 spiro atoms. The van der Waals surface area contributed by atoms with Crippen LogP contribution in [0.15, 0.2) is 23.1 Å². The highest BCUT2D eigenvalue weighted by atomic mass is 32.2. The van der Waals surface area contributed by atoms with Crippen LogP contribution in [0.25, 0.3) is 0 Å². The molecule has 1 saturated heterocycles. The number of hydrogen-bond donors (Lipinski definition) is 1. The summed E-state index contributed by atoms with van der Waals surface area (Å²) in [6.45, 7) is 2.11. The van der Waals surface area contributed by atoms with Crippen LogP contribution < -0.4 is 5.73 Å². The van der Waals surface area contributed by atoms with Gasteiger partial charge in [0.05, 0.1) is 4.92 Å². The summed E-state index contributed by atoms with van der Waals surface area (Å²) < 4.78 is 26.5. The molecule has 0 aromatic heterocycles. The molecular formula is C12H17N3O4S. The Kier molecular flexibility index (Phi) is 4.07. The zero-order valence-corrected chi connectivity index (χ0v) is 12.0. The lowest BCUT2D eigenvalue weighted by molar-refractivity contribution is -0.387. The van der Waals surface area contributed by atoms with Gasteiger partial charge in [-0.15, -0.1) is 0 Å². The van der Waals surface area contributed by atoms with Crippen molar-refractivity contribution in [1.29, 1.82) is 0 Å². The first-order valence-electron chi connectivity index (χ1n) is 6.34. The van der Waals surface area contributed by atoms with E-state index in [1.54, 1.807) is 13.0 Å². The Morgan fingerprint density at radius 2 is 2.15 bits per heavy atom. The van der Waals surface area contributed by atoms with Crippen LogP contribution in [0.3, 0.4) is 0 Å². The van der Waals surface area contributed by atoms with Crippen molar-refractivity contribution in [1.82, 2.24) is 4.31 Å². The van der Waals surface area contributed by atoms with Gasteiger partial charge in [-0.05, 0) is 25.3 Å². The SMILES string of the molecule is Cc1cccc([N+](=O)[O-])c1S(=O)(=O)N1CCC[C@@H](N)C1. The lowest BCUT2D eigenvalue weighted by Gasteiger charge is -2.30. The van der Waals surface area contributed by atoms with Crippen molar-refractivity contribution in [3.05, 3.63) is 33.9 Å². The van der Waals surface area contributed by atoms with E-state index in [2.05, 4.69) is 0 Å². The summed E-state index contributed by atoms with van der Waals surface area (Å²) in [6, 6.07) is 4.03. The monoisotopic (exact) mass is 299 g/mol. The smallest absolute Gasteiger partial charge is 0.289 e. The van der Waals surface area contributed by atoms with Gasteiger partial charge in [0, 0.05) is 25.2 Å². The predicted octanol–water partition coefficient (Wildman–Crippen LogP) is 1.02. The van der Waals surface area contributed by atoms with E-state index in [0.717, 1.165) is 6.42 Å². The summed E-state index contributed by atoms with van der Waals surface area (Å²) in [5, 5.41) is 11.1. The van der Waals surface area contributed by atoms with Crippen molar-refractivity contribution < 1.29 is 13.3 Å². The van der Waals surface area contributed by atoms with Gasteiger partial charge in [-0.1, -0.05) is 12.1 Å². The molecule has 0 amide bonds. The minimum Gasteiger partial charge on any atom is -0.327 e. The number of nitro benzene ring substituents is 1. The van der Waals surface area contributed by atoms with E-state index >= 15 is 0 Å². The zero-order chi connectivity index (χ0) is 14.9. The van der Waals surface area contributed by atoms with E-state index < -0.39 is 14.9 Å². The standard InChI is InChI=1S/C12H17N3O4S/c1-9-4-2-6-11(15(16)17)12(9)20(18,19)14-7-3-5-10(13)8-14/h2,4,6,10H,3,5,7-8,13H2,1H3/t10-/m1/s1. The molecule has 2 N–H and O–H groups in total. The molecule has 20 heavy (non-hydrogen) atoms. The van der Waals surface area contributed by atoms with Crippen LogP contribution in [-0.4, -0.2) is 36.8 Å². The Morgan fingerprint density at radius 1 is 1.45 bits per heavy atom. The number of rotatable bonds is 3. The molecule has 0 radical (unpaired) electrons. The van der Waals surface area contributed by atoms with Gasteiger partial charge in [-0.25, -0.2) is 8.42 Å². The Labute approximate surface area is 117 Å². The first kappa shape index (κ1) is 14.9. The van der Waals surface area contributed by atoms with Crippen molar-refractivity contribution in [3.8, 4) is 0 Å². The number of nitro groups is 1. The minimum atomic E-state index is -3.89. The second-order valence-corrected chi connectivity index (χ2v) is 6.82. The second kappa shape index (κ2) is 5.47. The van der Waals surface area contributed by atoms with Gasteiger partial charge in [-0.2, -0.15) is 4.31 Å².